The van der Waals surface area contributed by atoms with Crippen LogP contribution in [0.15, 0.2) is 65.6 Å². The molecule has 0 bridgehead atoms. The van der Waals surface area contributed by atoms with Gasteiger partial charge in [0.1, 0.15) is 11.4 Å². The van der Waals surface area contributed by atoms with Gasteiger partial charge in [-0.05, 0) is 53.8 Å². The van der Waals surface area contributed by atoms with Gasteiger partial charge in [0.25, 0.3) is 0 Å². The first kappa shape index (κ1) is 30.5. The molecule has 0 atom stereocenters. The molecule has 6 rings (SSSR count). The Morgan fingerprint density at radius 2 is 1.60 bits per heavy atom. The van der Waals surface area contributed by atoms with Crippen LogP contribution >= 0.6 is 23.2 Å². The molecule has 2 heterocycles. The molecule has 11 heteroatoms. The molecule has 224 valence electrons. The van der Waals surface area contributed by atoms with Crippen molar-refractivity contribution in [1.82, 2.24) is 4.57 Å². The summed E-state index contributed by atoms with van der Waals surface area (Å²) >= 11 is 12.3. The van der Waals surface area contributed by atoms with Crippen molar-refractivity contribution >= 4 is 51.7 Å². The topological polar surface area (TPSA) is 116 Å². The molecule has 1 aromatic heterocycles. The molecule has 0 radical (unpaired) electrons. The molecule has 4 aromatic rings. The van der Waals surface area contributed by atoms with Crippen molar-refractivity contribution in [3.63, 3.8) is 0 Å². The molecule has 8 nitrogen and oxygen atoms in total. The van der Waals surface area contributed by atoms with E-state index in [-0.39, 0.29) is 23.4 Å². The second-order valence-corrected chi connectivity index (χ2v) is 11.5. The first-order valence-corrected chi connectivity index (χ1v) is 14.8. The molecule has 0 unspecified atom stereocenters. The maximum atomic E-state index is 14.6. The number of carbonyl (C=O) groups is 2. The summed E-state index contributed by atoms with van der Waals surface area (Å²) < 4.78 is 16.5. The zero-order valence-corrected chi connectivity index (χ0v) is 24.7. The fourth-order valence-corrected chi connectivity index (χ4v) is 5.89. The molecule has 0 amide bonds. The zero-order valence-electron chi connectivity index (χ0n) is 23.2. The lowest BCUT2D eigenvalue weighted by atomic mass is 9.98. The van der Waals surface area contributed by atoms with Gasteiger partial charge in [0.05, 0.1) is 43.8 Å². The Balaban J connectivity index is 0.000000177. The lowest BCUT2D eigenvalue weighted by molar-refractivity contribution is -0.655. The van der Waals surface area contributed by atoms with Gasteiger partial charge in [-0.25, -0.2) is 9.18 Å². The number of fused-ring (bicyclic) bond motifs is 1. The third kappa shape index (κ3) is 7.01. The number of halogens is 3. The molecule has 4 N–H and O–H groups in total. The molecular weight excluding hydrogens is 596 g/mol. The number of pyridine rings is 1. The van der Waals surface area contributed by atoms with Gasteiger partial charge in [-0.2, -0.15) is 0 Å². The summed E-state index contributed by atoms with van der Waals surface area (Å²) in [5.41, 5.74) is 2.74. The summed E-state index contributed by atoms with van der Waals surface area (Å²) in [5.74, 6) is -2.59. The fraction of sp³-hybridized carbons (Fsp3) is 0.281. The average molecular weight is 628 g/mol. The predicted octanol–water partition coefficient (Wildman–Crippen LogP) is 4.77. The number of aromatic nitrogens is 1. The van der Waals surface area contributed by atoms with Gasteiger partial charge in [0.2, 0.25) is 5.43 Å². The van der Waals surface area contributed by atoms with Crippen LogP contribution in [0.2, 0.25) is 10.0 Å². The normalized spacial score (nSPS) is 14.7. The van der Waals surface area contributed by atoms with Crippen molar-refractivity contribution in [1.29, 1.82) is 0 Å². The van der Waals surface area contributed by atoms with Crippen LogP contribution in [0.1, 0.15) is 45.9 Å². The van der Waals surface area contributed by atoms with Crippen LogP contribution < -0.4 is 15.6 Å². The third-order valence-electron chi connectivity index (χ3n) is 7.71. The zero-order chi connectivity index (χ0) is 30.7. The van der Waals surface area contributed by atoms with Crippen molar-refractivity contribution < 1.29 is 29.5 Å². The number of hydrogen-bond donors (Lipinski definition) is 3. The molecule has 1 saturated heterocycles. The number of carboxylic acids is 2. The Kier molecular flexibility index (Phi) is 9.34. The first-order valence-electron chi connectivity index (χ1n) is 14.0. The van der Waals surface area contributed by atoms with Crippen LogP contribution in [-0.2, 0) is 17.6 Å². The van der Waals surface area contributed by atoms with Crippen LogP contribution in [0, 0.1) is 5.82 Å². The number of anilines is 1. The van der Waals surface area contributed by atoms with E-state index < -0.39 is 23.2 Å². The van der Waals surface area contributed by atoms with Crippen LogP contribution in [0.3, 0.4) is 0 Å². The van der Waals surface area contributed by atoms with Gasteiger partial charge in [0, 0.05) is 34.1 Å². The SMILES string of the molecule is O=C(O)Cc1ccccc1Cc1c(Cl)cccc1Cl.O=C(O)c1cn(C2CC2)c2cc(N3CC[NH2+]CC3)c(F)cc2c1=O. The summed E-state index contributed by atoms with van der Waals surface area (Å²) in [6.07, 6.45) is 3.83. The number of aliphatic carboxylic acids is 1. The molecule has 1 saturated carbocycles. The minimum Gasteiger partial charge on any atom is -0.481 e. The van der Waals surface area contributed by atoms with Crippen molar-refractivity contribution in [3.8, 4) is 0 Å². The molecular formula is C32H31Cl2FN3O5+. The van der Waals surface area contributed by atoms with E-state index in [1.165, 1.54) is 12.3 Å². The molecule has 2 fully saturated rings. The van der Waals surface area contributed by atoms with Gasteiger partial charge in [-0.15, -0.1) is 0 Å². The summed E-state index contributed by atoms with van der Waals surface area (Å²) in [5, 5.41) is 21.7. The fourth-order valence-electron chi connectivity index (χ4n) is 5.36. The minimum absolute atomic E-state index is 0.00174. The van der Waals surface area contributed by atoms with Crippen molar-refractivity contribution in [2.24, 2.45) is 0 Å². The molecule has 2 aliphatic rings. The largest absolute Gasteiger partial charge is 0.481 e. The van der Waals surface area contributed by atoms with Crippen LogP contribution in [0.25, 0.3) is 10.9 Å². The Hall–Kier alpha value is -3.92. The van der Waals surface area contributed by atoms with E-state index in [4.69, 9.17) is 28.3 Å². The van der Waals surface area contributed by atoms with E-state index in [2.05, 4.69) is 5.32 Å². The maximum absolute atomic E-state index is 14.6. The summed E-state index contributed by atoms with van der Waals surface area (Å²) in [6.45, 7) is 3.32. The molecule has 43 heavy (non-hydrogen) atoms. The van der Waals surface area contributed by atoms with Crippen molar-refractivity contribution in [2.45, 2.75) is 31.7 Å². The summed E-state index contributed by atoms with van der Waals surface area (Å²) in [7, 11) is 0. The number of quaternary nitrogens is 1. The first-order chi connectivity index (χ1) is 20.6. The Bertz CT molecular complexity index is 1730. The highest BCUT2D eigenvalue weighted by Crippen LogP contribution is 2.38. The highest BCUT2D eigenvalue weighted by Gasteiger charge is 2.28. The van der Waals surface area contributed by atoms with Crippen LogP contribution in [0.4, 0.5) is 10.1 Å². The lowest BCUT2D eigenvalue weighted by Gasteiger charge is -2.28. The molecule has 1 aliphatic carbocycles. The molecule has 3 aromatic carbocycles. The maximum Gasteiger partial charge on any atom is 0.341 e. The highest BCUT2D eigenvalue weighted by molar-refractivity contribution is 6.36. The van der Waals surface area contributed by atoms with E-state index in [0.717, 1.165) is 55.7 Å². The highest BCUT2D eigenvalue weighted by atomic mass is 35.5. The Morgan fingerprint density at radius 3 is 2.21 bits per heavy atom. The van der Waals surface area contributed by atoms with Gasteiger partial charge in [-0.1, -0.05) is 53.5 Å². The van der Waals surface area contributed by atoms with Crippen molar-refractivity contribution in [3.05, 3.63) is 109 Å². The average Bonchev–Trinajstić information content (AvgIpc) is 3.82. The van der Waals surface area contributed by atoms with Crippen LogP contribution in [-0.4, -0.2) is 52.9 Å². The monoisotopic (exact) mass is 626 g/mol. The molecule has 1 aliphatic heterocycles. The Morgan fingerprint density at radius 1 is 0.953 bits per heavy atom. The minimum atomic E-state index is -1.27. The van der Waals surface area contributed by atoms with Gasteiger partial charge >= 0.3 is 11.9 Å². The quantitative estimate of drug-likeness (QED) is 0.272. The number of benzene rings is 3. The number of rotatable bonds is 7. The number of carboxylic acid groups (broad SMARTS) is 2. The van der Waals surface area contributed by atoms with Gasteiger partial charge in [-0.3, -0.25) is 9.59 Å². The van der Waals surface area contributed by atoms with E-state index in [1.807, 2.05) is 33.7 Å². The second-order valence-electron chi connectivity index (χ2n) is 10.7. The smallest absolute Gasteiger partial charge is 0.341 e. The Labute approximate surface area is 257 Å². The summed E-state index contributed by atoms with van der Waals surface area (Å²) in [4.78, 5) is 36.6. The predicted molar refractivity (Wildman–Crippen MR) is 164 cm³/mol. The van der Waals surface area contributed by atoms with Crippen LogP contribution in [0.5, 0.6) is 0 Å². The van der Waals surface area contributed by atoms with Crippen molar-refractivity contribution in [2.75, 3.05) is 31.1 Å². The van der Waals surface area contributed by atoms with Gasteiger partial charge in [0.15, 0.2) is 0 Å². The number of nitrogens with zero attached hydrogens (tertiary/aromatic N) is 2. The van der Waals surface area contributed by atoms with E-state index >= 15 is 0 Å². The second kappa shape index (κ2) is 13.2. The number of hydrogen-bond acceptors (Lipinski definition) is 4. The lowest BCUT2D eigenvalue weighted by Crippen LogP contribution is -2.89. The van der Waals surface area contributed by atoms with E-state index in [0.29, 0.717) is 27.7 Å². The van der Waals surface area contributed by atoms with E-state index in [9.17, 15) is 23.9 Å². The standard InChI is InChI=1S/C17H18FN3O3.C15H12Cl2O2/c18-13-7-11-14(8-15(13)20-5-3-19-4-6-20)21(10-1-2-10)9-12(16(11)22)17(23)24;16-13-6-3-7-14(17)12(13)8-10-4-1-2-5-11(10)9-15(18)19/h7-10,19H,1-6H2,(H,23,24);1-7H,8-9H2,(H,18,19)/p+1. The van der Waals surface area contributed by atoms with E-state index in [1.54, 1.807) is 24.3 Å². The number of aromatic carboxylic acids is 1. The molecule has 0 spiro atoms. The third-order valence-corrected chi connectivity index (χ3v) is 8.42. The van der Waals surface area contributed by atoms with Gasteiger partial charge < -0.3 is 25.0 Å². The summed E-state index contributed by atoms with van der Waals surface area (Å²) in [6, 6.07) is 15.9. The number of piperazine rings is 1. The number of nitrogens with two attached hydrogens (primary N) is 1.